The highest BCUT2D eigenvalue weighted by molar-refractivity contribution is 6.64. The zero-order chi connectivity index (χ0) is 12.5. The number of rotatable bonds is 2. The van der Waals surface area contributed by atoms with Crippen LogP contribution in [0.4, 0.5) is 13.2 Å². The maximum Gasteiger partial charge on any atom is 0.416 e. The van der Waals surface area contributed by atoms with Crippen molar-refractivity contribution in [1.82, 2.24) is 0 Å². The second-order valence-electron chi connectivity index (χ2n) is 4.22. The predicted molar refractivity (Wildman–Crippen MR) is 59.0 cm³/mol. The van der Waals surface area contributed by atoms with Crippen LogP contribution in [0.15, 0.2) is 18.2 Å². The SMILES string of the molecule is CB(O)c1cc(C(C)C)cc(C(F)(F)F)c1. The third-order valence-electron chi connectivity index (χ3n) is 2.45. The molecule has 0 aromatic heterocycles. The molecule has 88 valence electrons. The Morgan fingerprint density at radius 2 is 1.75 bits per heavy atom. The van der Waals surface area contributed by atoms with Crippen LogP contribution in [0.3, 0.4) is 0 Å². The highest BCUT2D eigenvalue weighted by Crippen LogP contribution is 2.30. The molecule has 0 saturated heterocycles. The van der Waals surface area contributed by atoms with Crippen molar-refractivity contribution in [3.8, 4) is 0 Å². The fraction of sp³-hybridized carbons (Fsp3) is 0.455. The molecule has 1 nitrogen and oxygen atoms in total. The van der Waals surface area contributed by atoms with Crippen molar-refractivity contribution in [1.29, 1.82) is 0 Å². The molecule has 5 heteroatoms. The van der Waals surface area contributed by atoms with E-state index in [1.807, 2.05) is 13.8 Å². The highest BCUT2D eigenvalue weighted by Gasteiger charge is 2.31. The van der Waals surface area contributed by atoms with Gasteiger partial charge in [0.2, 0.25) is 0 Å². The minimum absolute atomic E-state index is 0.000185. The normalized spacial score (nSPS) is 12.0. The van der Waals surface area contributed by atoms with Gasteiger partial charge in [0.05, 0.1) is 5.56 Å². The Hall–Kier alpha value is -0.965. The minimum atomic E-state index is -4.37. The summed E-state index contributed by atoms with van der Waals surface area (Å²) in [5.41, 5.74) is 0.193. The molecule has 1 rings (SSSR count). The predicted octanol–water partition coefficient (Wildman–Crippen LogP) is 2.65. The first-order chi connectivity index (χ1) is 7.21. The number of benzene rings is 1. The van der Waals surface area contributed by atoms with Crippen LogP contribution in [-0.2, 0) is 6.18 Å². The third-order valence-corrected chi connectivity index (χ3v) is 2.45. The summed E-state index contributed by atoms with van der Waals surface area (Å²) in [6, 6.07) is 3.75. The maximum atomic E-state index is 12.6. The Bertz CT molecular complexity index is 346. The Labute approximate surface area is 93.4 Å². The van der Waals surface area contributed by atoms with Crippen molar-refractivity contribution in [2.45, 2.75) is 32.8 Å². The number of halogens is 3. The summed E-state index contributed by atoms with van der Waals surface area (Å²) in [4.78, 5) is 0. The lowest BCUT2D eigenvalue weighted by Gasteiger charge is -2.14. The molecule has 0 aliphatic rings. The van der Waals surface area contributed by atoms with Gasteiger partial charge in [0.1, 0.15) is 0 Å². The summed E-state index contributed by atoms with van der Waals surface area (Å²) in [6.07, 6.45) is -4.37. The van der Waals surface area contributed by atoms with E-state index in [1.165, 1.54) is 6.82 Å². The molecule has 0 bridgehead atoms. The zero-order valence-electron chi connectivity index (χ0n) is 9.47. The average Bonchev–Trinajstić information content (AvgIpc) is 2.15. The second kappa shape index (κ2) is 4.49. The van der Waals surface area contributed by atoms with Crippen LogP contribution in [-0.4, -0.2) is 11.9 Å². The smallest absolute Gasteiger partial charge is 0.416 e. The van der Waals surface area contributed by atoms with E-state index in [-0.39, 0.29) is 5.92 Å². The van der Waals surface area contributed by atoms with E-state index in [1.54, 1.807) is 6.07 Å². The van der Waals surface area contributed by atoms with E-state index < -0.39 is 18.7 Å². The second-order valence-corrected chi connectivity index (χ2v) is 4.22. The number of alkyl halides is 3. The van der Waals surface area contributed by atoms with Gasteiger partial charge in [-0.05, 0) is 23.0 Å². The van der Waals surface area contributed by atoms with E-state index in [4.69, 9.17) is 0 Å². The molecule has 1 aromatic rings. The zero-order valence-corrected chi connectivity index (χ0v) is 9.47. The summed E-state index contributed by atoms with van der Waals surface area (Å²) in [7, 11) is 0. The molecular formula is C11H14BF3O. The fourth-order valence-corrected chi connectivity index (χ4v) is 1.41. The summed E-state index contributed by atoms with van der Waals surface area (Å²) in [6.45, 7) is 4.21. The Kier molecular flexibility index (Phi) is 3.68. The molecule has 0 unspecified atom stereocenters. The van der Waals surface area contributed by atoms with Gasteiger partial charge in [-0.15, -0.1) is 0 Å². The summed E-state index contributed by atoms with van der Waals surface area (Å²) in [5, 5.41) is 9.35. The monoisotopic (exact) mass is 230 g/mol. The lowest BCUT2D eigenvalue weighted by Crippen LogP contribution is -2.28. The highest BCUT2D eigenvalue weighted by atomic mass is 19.4. The van der Waals surface area contributed by atoms with Crippen molar-refractivity contribution < 1.29 is 18.2 Å². The lowest BCUT2D eigenvalue weighted by molar-refractivity contribution is -0.137. The van der Waals surface area contributed by atoms with Crippen molar-refractivity contribution in [3.05, 3.63) is 29.3 Å². The summed E-state index contributed by atoms with van der Waals surface area (Å²) < 4.78 is 37.8. The molecule has 0 aliphatic heterocycles. The standard InChI is InChI=1S/C11H14BF3O/c1-7(2)8-4-9(11(13,14)15)6-10(5-8)12(3)16/h4-7,16H,1-3H3. The molecule has 0 radical (unpaired) electrons. The fourth-order valence-electron chi connectivity index (χ4n) is 1.41. The van der Waals surface area contributed by atoms with Crippen molar-refractivity contribution in [3.63, 3.8) is 0 Å². The molecule has 0 fully saturated rings. The van der Waals surface area contributed by atoms with Gasteiger partial charge in [0, 0.05) is 0 Å². The minimum Gasteiger partial charge on any atom is -0.447 e. The van der Waals surface area contributed by atoms with E-state index in [2.05, 4.69) is 0 Å². The Morgan fingerprint density at radius 3 is 2.12 bits per heavy atom. The Morgan fingerprint density at radius 1 is 1.19 bits per heavy atom. The van der Waals surface area contributed by atoms with E-state index in [0.29, 0.717) is 11.0 Å². The molecule has 0 amide bonds. The summed E-state index contributed by atoms with van der Waals surface area (Å²) >= 11 is 0. The molecule has 1 N–H and O–H groups in total. The lowest BCUT2D eigenvalue weighted by atomic mass is 9.63. The number of hydrogen-bond donors (Lipinski definition) is 1. The first-order valence-electron chi connectivity index (χ1n) is 5.12. The van der Waals surface area contributed by atoms with Crippen LogP contribution in [0, 0.1) is 0 Å². The van der Waals surface area contributed by atoms with Gasteiger partial charge in [-0.1, -0.05) is 32.8 Å². The maximum absolute atomic E-state index is 12.6. The van der Waals surface area contributed by atoms with Crippen molar-refractivity contribution in [2.24, 2.45) is 0 Å². The molecule has 0 heterocycles. The molecule has 0 saturated carbocycles. The Balaban J connectivity index is 3.30. The van der Waals surface area contributed by atoms with Crippen LogP contribution >= 0.6 is 0 Å². The quantitative estimate of drug-likeness (QED) is 0.774. The molecule has 1 aromatic carbocycles. The molecule has 0 aliphatic carbocycles. The molecule has 16 heavy (non-hydrogen) atoms. The van der Waals surface area contributed by atoms with E-state index >= 15 is 0 Å². The van der Waals surface area contributed by atoms with Crippen LogP contribution in [0.25, 0.3) is 0 Å². The van der Waals surface area contributed by atoms with Crippen molar-refractivity contribution >= 4 is 12.4 Å². The van der Waals surface area contributed by atoms with Gasteiger partial charge in [0.15, 0.2) is 0 Å². The largest absolute Gasteiger partial charge is 0.447 e. The molecule has 0 spiro atoms. The van der Waals surface area contributed by atoms with Gasteiger partial charge in [-0.2, -0.15) is 13.2 Å². The van der Waals surface area contributed by atoms with Gasteiger partial charge >= 0.3 is 13.1 Å². The van der Waals surface area contributed by atoms with Gasteiger partial charge in [0.25, 0.3) is 0 Å². The van der Waals surface area contributed by atoms with E-state index in [0.717, 1.165) is 12.1 Å². The molecule has 0 atom stereocenters. The van der Waals surface area contributed by atoms with Crippen LogP contribution in [0.2, 0.25) is 6.82 Å². The molecular weight excluding hydrogens is 216 g/mol. The number of hydrogen-bond acceptors (Lipinski definition) is 1. The van der Waals surface area contributed by atoms with Crippen molar-refractivity contribution in [2.75, 3.05) is 0 Å². The first kappa shape index (κ1) is 13.1. The average molecular weight is 230 g/mol. The topological polar surface area (TPSA) is 20.2 Å². The van der Waals surface area contributed by atoms with Gasteiger partial charge in [-0.3, -0.25) is 0 Å². The summed E-state index contributed by atoms with van der Waals surface area (Å²) in [5.74, 6) is -0.000185. The van der Waals surface area contributed by atoms with Gasteiger partial charge in [-0.25, -0.2) is 0 Å². The van der Waals surface area contributed by atoms with Crippen LogP contribution < -0.4 is 5.46 Å². The van der Waals surface area contributed by atoms with Gasteiger partial charge < -0.3 is 5.02 Å². The first-order valence-corrected chi connectivity index (χ1v) is 5.12. The van der Waals surface area contributed by atoms with Crippen LogP contribution in [0.1, 0.15) is 30.9 Å². The van der Waals surface area contributed by atoms with Crippen LogP contribution in [0.5, 0.6) is 0 Å². The third kappa shape index (κ3) is 3.01. The van der Waals surface area contributed by atoms with E-state index in [9.17, 15) is 18.2 Å².